The van der Waals surface area contributed by atoms with E-state index in [9.17, 15) is 25.0 Å². The molecule has 1 unspecified atom stereocenters. The molecular formula is C12H12N2O6. The predicted octanol–water partition coefficient (Wildman–Crippen LogP) is 2.68. The first-order valence-corrected chi connectivity index (χ1v) is 5.66. The van der Waals surface area contributed by atoms with Gasteiger partial charge in [-0.15, -0.1) is 0 Å². The van der Waals surface area contributed by atoms with Crippen molar-refractivity contribution >= 4 is 17.3 Å². The molecule has 0 aliphatic rings. The summed E-state index contributed by atoms with van der Waals surface area (Å²) >= 11 is 0. The smallest absolute Gasteiger partial charge is 0.330 e. The van der Waals surface area contributed by atoms with Crippen LogP contribution in [0.15, 0.2) is 30.9 Å². The van der Waals surface area contributed by atoms with Gasteiger partial charge in [-0.3, -0.25) is 20.2 Å². The third-order valence-electron chi connectivity index (χ3n) is 2.56. The van der Waals surface area contributed by atoms with E-state index in [1.54, 1.807) is 6.92 Å². The summed E-state index contributed by atoms with van der Waals surface area (Å²) in [5, 5.41) is 21.6. The van der Waals surface area contributed by atoms with Crippen LogP contribution in [0.1, 0.15) is 25.0 Å². The van der Waals surface area contributed by atoms with Crippen LogP contribution in [0.2, 0.25) is 0 Å². The predicted molar refractivity (Wildman–Crippen MR) is 69.1 cm³/mol. The number of ether oxygens (including phenoxy) is 1. The Bertz CT molecular complexity index is 569. The van der Waals surface area contributed by atoms with E-state index in [0.717, 1.165) is 18.2 Å². The summed E-state index contributed by atoms with van der Waals surface area (Å²) in [5.74, 6) is -0.718. The van der Waals surface area contributed by atoms with Gasteiger partial charge < -0.3 is 4.74 Å². The van der Waals surface area contributed by atoms with Crippen molar-refractivity contribution in [2.24, 2.45) is 0 Å². The van der Waals surface area contributed by atoms with E-state index < -0.39 is 33.3 Å². The van der Waals surface area contributed by atoms with E-state index in [-0.39, 0.29) is 12.0 Å². The van der Waals surface area contributed by atoms with Crippen LogP contribution >= 0.6 is 0 Å². The molecule has 0 fully saturated rings. The Morgan fingerprint density at radius 3 is 2.50 bits per heavy atom. The molecule has 1 atom stereocenters. The van der Waals surface area contributed by atoms with Crippen molar-refractivity contribution < 1.29 is 19.4 Å². The maximum Gasteiger partial charge on any atom is 0.330 e. The normalized spacial score (nSPS) is 11.4. The molecule has 0 bridgehead atoms. The van der Waals surface area contributed by atoms with Crippen LogP contribution in [0.25, 0.3) is 0 Å². The molecule has 0 spiro atoms. The van der Waals surface area contributed by atoms with E-state index in [1.165, 1.54) is 6.07 Å². The topological polar surface area (TPSA) is 113 Å². The van der Waals surface area contributed by atoms with Crippen molar-refractivity contribution in [1.29, 1.82) is 0 Å². The van der Waals surface area contributed by atoms with Crippen LogP contribution in [0, 0.1) is 20.2 Å². The van der Waals surface area contributed by atoms with Crippen molar-refractivity contribution in [1.82, 2.24) is 0 Å². The van der Waals surface area contributed by atoms with E-state index in [4.69, 9.17) is 4.74 Å². The number of non-ortho nitro benzene ring substituents is 1. The molecule has 0 saturated carbocycles. The molecule has 8 nitrogen and oxygen atoms in total. The van der Waals surface area contributed by atoms with Gasteiger partial charge in [-0.05, 0) is 12.5 Å². The molecule has 106 valence electrons. The third-order valence-corrected chi connectivity index (χ3v) is 2.56. The van der Waals surface area contributed by atoms with Gasteiger partial charge in [0, 0.05) is 12.1 Å². The quantitative estimate of drug-likeness (QED) is 0.342. The van der Waals surface area contributed by atoms with Crippen molar-refractivity contribution in [3.8, 4) is 0 Å². The van der Waals surface area contributed by atoms with Gasteiger partial charge in [0.05, 0.1) is 21.5 Å². The molecular weight excluding hydrogens is 268 g/mol. The lowest BCUT2D eigenvalue weighted by atomic mass is 10.0. The first-order chi connectivity index (χ1) is 9.40. The minimum atomic E-state index is -0.860. The van der Waals surface area contributed by atoms with E-state index in [0.29, 0.717) is 0 Å². The second kappa shape index (κ2) is 6.41. The van der Waals surface area contributed by atoms with Gasteiger partial charge in [0.15, 0.2) is 0 Å². The maximum absolute atomic E-state index is 11.2. The van der Waals surface area contributed by atoms with Gasteiger partial charge in [0.1, 0.15) is 6.10 Å². The average Bonchev–Trinajstić information content (AvgIpc) is 2.43. The lowest BCUT2D eigenvalue weighted by Gasteiger charge is -2.15. The number of rotatable bonds is 6. The number of hydrogen-bond donors (Lipinski definition) is 0. The van der Waals surface area contributed by atoms with Crippen molar-refractivity contribution in [3.63, 3.8) is 0 Å². The van der Waals surface area contributed by atoms with Crippen molar-refractivity contribution in [2.45, 2.75) is 19.4 Å². The molecule has 0 saturated heterocycles. The lowest BCUT2D eigenvalue weighted by molar-refractivity contribution is -0.394. The highest BCUT2D eigenvalue weighted by Crippen LogP contribution is 2.32. The molecule has 0 aliphatic carbocycles. The Kier molecular flexibility index (Phi) is 4.90. The summed E-state index contributed by atoms with van der Waals surface area (Å²) in [6, 6.07) is 3.20. The van der Waals surface area contributed by atoms with Crippen molar-refractivity contribution in [2.75, 3.05) is 0 Å². The van der Waals surface area contributed by atoms with Crippen LogP contribution in [0.4, 0.5) is 11.4 Å². The average molecular weight is 280 g/mol. The fraction of sp³-hybridized carbons (Fsp3) is 0.250. The zero-order valence-electron chi connectivity index (χ0n) is 10.6. The van der Waals surface area contributed by atoms with Crippen LogP contribution in [0.5, 0.6) is 0 Å². The molecule has 0 aromatic heterocycles. The van der Waals surface area contributed by atoms with Crippen LogP contribution in [0.3, 0.4) is 0 Å². The summed E-state index contributed by atoms with van der Waals surface area (Å²) in [6.07, 6.45) is 0.375. The first-order valence-electron chi connectivity index (χ1n) is 5.66. The van der Waals surface area contributed by atoms with Gasteiger partial charge in [-0.25, -0.2) is 4.79 Å². The molecule has 0 N–H and O–H groups in total. The molecule has 0 amide bonds. The third kappa shape index (κ3) is 3.37. The number of carbonyl (C=O) groups is 1. The SMILES string of the molecule is C=CC(=O)OC(CC)c1ccc([N+](=O)[O-])cc1[N+](=O)[O-]. The molecule has 1 aromatic carbocycles. The number of nitrogens with zero attached hydrogens (tertiary/aromatic N) is 2. The van der Waals surface area contributed by atoms with Gasteiger partial charge in [0.2, 0.25) is 0 Å². The monoisotopic (exact) mass is 280 g/mol. The second-order valence-electron chi connectivity index (χ2n) is 3.80. The van der Waals surface area contributed by atoms with Gasteiger partial charge in [-0.2, -0.15) is 0 Å². The van der Waals surface area contributed by atoms with Gasteiger partial charge in [0.25, 0.3) is 11.4 Å². The Hall–Kier alpha value is -2.77. The lowest BCUT2D eigenvalue weighted by Crippen LogP contribution is -2.10. The molecule has 0 aliphatic heterocycles. The Labute approximate surface area is 114 Å². The summed E-state index contributed by atoms with van der Waals surface area (Å²) in [4.78, 5) is 31.3. The summed E-state index contributed by atoms with van der Waals surface area (Å²) in [6.45, 7) is 4.91. The Morgan fingerprint density at radius 2 is 2.05 bits per heavy atom. The van der Waals surface area contributed by atoms with E-state index >= 15 is 0 Å². The number of nitro groups is 2. The number of esters is 1. The number of hydrogen-bond acceptors (Lipinski definition) is 6. The minimum Gasteiger partial charge on any atom is -0.454 e. The Balaban J connectivity index is 3.27. The molecule has 8 heteroatoms. The fourth-order valence-electron chi connectivity index (χ4n) is 1.63. The maximum atomic E-state index is 11.2. The van der Waals surface area contributed by atoms with Gasteiger partial charge >= 0.3 is 5.97 Å². The van der Waals surface area contributed by atoms with E-state index in [1.807, 2.05) is 0 Å². The van der Waals surface area contributed by atoms with E-state index in [2.05, 4.69) is 6.58 Å². The zero-order chi connectivity index (χ0) is 15.3. The summed E-state index contributed by atoms with van der Waals surface area (Å²) in [7, 11) is 0. The summed E-state index contributed by atoms with van der Waals surface area (Å²) in [5.41, 5.74) is -0.744. The highest BCUT2D eigenvalue weighted by atomic mass is 16.6. The molecule has 0 radical (unpaired) electrons. The summed E-state index contributed by atoms with van der Waals surface area (Å²) < 4.78 is 4.99. The number of benzene rings is 1. The molecule has 0 heterocycles. The standard InChI is InChI=1S/C12H12N2O6/c1-3-11(20-12(15)4-2)9-6-5-8(13(16)17)7-10(9)14(18)19/h4-7,11H,2-3H2,1H3. The van der Waals surface area contributed by atoms with Crippen molar-refractivity contribution in [3.05, 3.63) is 56.6 Å². The van der Waals surface area contributed by atoms with Crippen LogP contribution < -0.4 is 0 Å². The molecule has 1 rings (SSSR count). The largest absolute Gasteiger partial charge is 0.454 e. The zero-order valence-corrected chi connectivity index (χ0v) is 10.6. The number of nitro benzene ring substituents is 2. The molecule has 1 aromatic rings. The minimum absolute atomic E-state index is 0.110. The van der Waals surface area contributed by atoms with Gasteiger partial charge in [-0.1, -0.05) is 13.5 Å². The fourth-order valence-corrected chi connectivity index (χ4v) is 1.63. The Morgan fingerprint density at radius 1 is 1.40 bits per heavy atom. The highest BCUT2D eigenvalue weighted by Gasteiger charge is 2.26. The first kappa shape index (κ1) is 15.3. The van der Waals surface area contributed by atoms with Crippen LogP contribution in [-0.2, 0) is 9.53 Å². The number of carbonyl (C=O) groups excluding carboxylic acids is 1. The highest BCUT2D eigenvalue weighted by molar-refractivity contribution is 5.81. The molecule has 20 heavy (non-hydrogen) atoms. The second-order valence-corrected chi connectivity index (χ2v) is 3.80. The van der Waals surface area contributed by atoms with Crippen LogP contribution in [-0.4, -0.2) is 15.8 Å².